The van der Waals surface area contributed by atoms with Crippen LogP contribution in [0.25, 0.3) is 10.9 Å². The van der Waals surface area contributed by atoms with E-state index in [1.165, 1.54) is 4.90 Å². The van der Waals surface area contributed by atoms with Crippen molar-refractivity contribution >= 4 is 39.6 Å². The first-order chi connectivity index (χ1) is 10.5. The van der Waals surface area contributed by atoms with Crippen LogP contribution in [0.15, 0.2) is 29.3 Å². The summed E-state index contributed by atoms with van der Waals surface area (Å²) in [5.74, 6) is 0.157. The number of fused-ring (bicyclic) bond motifs is 1. The third kappa shape index (κ3) is 3.08. The number of nitrogens with zero attached hydrogens (tertiary/aromatic N) is 3. The molecule has 0 saturated carbocycles. The molecule has 1 aromatic heterocycles. The summed E-state index contributed by atoms with van der Waals surface area (Å²) < 4.78 is 2.60. The van der Waals surface area contributed by atoms with E-state index in [0.717, 1.165) is 16.4 Å². The molecule has 0 radical (unpaired) electrons. The topological polar surface area (TPSA) is 75.4 Å². The molecule has 1 amide bonds. The van der Waals surface area contributed by atoms with Crippen molar-refractivity contribution in [2.24, 2.45) is 5.92 Å². The van der Waals surface area contributed by atoms with Crippen LogP contribution in [-0.2, 0) is 6.54 Å². The number of aromatic nitrogens is 2. The monoisotopic (exact) mass is 413 g/mol. The molecular formula is C15H16IN3O3. The van der Waals surface area contributed by atoms with Crippen LogP contribution in [-0.4, -0.2) is 38.7 Å². The lowest BCUT2D eigenvalue weighted by atomic mass is 9.98. The molecule has 3 rings (SSSR count). The van der Waals surface area contributed by atoms with Crippen LogP contribution in [0.1, 0.15) is 12.8 Å². The molecule has 1 atom stereocenters. The molecule has 1 N–H and O–H groups in total. The van der Waals surface area contributed by atoms with Gasteiger partial charge in [-0.25, -0.2) is 9.78 Å². The number of carboxylic acid groups (broad SMARTS) is 1. The van der Waals surface area contributed by atoms with Gasteiger partial charge in [0.25, 0.3) is 5.56 Å². The van der Waals surface area contributed by atoms with E-state index in [1.54, 1.807) is 10.9 Å². The molecule has 22 heavy (non-hydrogen) atoms. The Kier molecular flexibility index (Phi) is 4.32. The molecule has 1 unspecified atom stereocenters. The normalized spacial score (nSPS) is 18.6. The summed E-state index contributed by atoms with van der Waals surface area (Å²) in [6.07, 6.45) is 2.45. The number of likely N-dealkylation sites (tertiary alicyclic amines) is 1. The largest absolute Gasteiger partial charge is 0.465 e. The molecule has 0 bridgehead atoms. The highest BCUT2D eigenvalue weighted by atomic mass is 127. The Labute approximate surface area is 140 Å². The van der Waals surface area contributed by atoms with E-state index >= 15 is 0 Å². The maximum absolute atomic E-state index is 12.6. The Balaban J connectivity index is 1.86. The quantitative estimate of drug-likeness (QED) is 0.768. The predicted molar refractivity (Wildman–Crippen MR) is 91.0 cm³/mol. The summed E-state index contributed by atoms with van der Waals surface area (Å²) >= 11 is 2.17. The lowest BCUT2D eigenvalue weighted by Crippen LogP contribution is -2.41. The van der Waals surface area contributed by atoms with Gasteiger partial charge in [0, 0.05) is 23.2 Å². The van der Waals surface area contributed by atoms with Gasteiger partial charge in [0.15, 0.2) is 0 Å². The first-order valence-electron chi connectivity index (χ1n) is 7.17. The second-order valence-electron chi connectivity index (χ2n) is 5.60. The molecule has 1 aliphatic rings. The molecular weight excluding hydrogens is 397 g/mol. The fourth-order valence-electron chi connectivity index (χ4n) is 2.93. The molecule has 1 aromatic carbocycles. The molecule has 0 spiro atoms. The van der Waals surface area contributed by atoms with E-state index in [0.29, 0.717) is 30.5 Å². The third-order valence-electron chi connectivity index (χ3n) is 4.03. The average molecular weight is 413 g/mol. The molecule has 7 heteroatoms. The van der Waals surface area contributed by atoms with Crippen molar-refractivity contribution in [2.45, 2.75) is 19.4 Å². The van der Waals surface area contributed by atoms with E-state index in [9.17, 15) is 9.59 Å². The van der Waals surface area contributed by atoms with Gasteiger partial charge < -0.3 is 10.0 Å². The molecule has 116 valence electrons. The lowest BCUT2D eigenvalue weighted by Gasteiger charge is -2.30. The van der Waals surface area contributed by atoms with Gasteiger partial charge in [-0.15, -0.1) is 0 Å². The first kappa shape index (κ1) is 15.3. The lowest BCUT2D eigenvalue weighted by molar-refractivity contribution is 0.116. The van der Waals surface area contributed by atoms with Crippen LogP contribution in [0.5, 0.6) is 0 Å². The summed E-state index contributed by atoms with van der Waals surface area (Å²) in [5.41, 5.74) is 0.633. The number of piperidine rings is 1. The Bertz CT molecular complexity index is 774. The average Bonchev–Trinajstić information content (AvgIpc) is 2.51. The number of halogens is 1. The minimum atomic E-state index is -0.886. The van der Waals surface area contributed by atoms with Gasteiger partial charge >= 0.3 is 6.09 Å². The number of amides is 1. The van der Waals surface area contributed by atoms with Crippen LogP contribution in [0.2, 0.25) is 0 Å². The van der Waals surface area contributed by atoms with Gasteiger partial charge in [0.1, 0.15) is 0 Å². The van der Waals surface area contributed by atoms with Gasteiger partial charge in [-0.2, -0.15) is 0 Å². The van der Waals surface area contributed by atoms with Crippen LogP contribution in [0.4, 0.5) is 4.79 Å². The Hall–Kier alpha value is -1.64. The van der Waals surface area contributed by atoms with Crippen LogP contribution in [0.3, 0.4) is 0 Å². The molecule has 1 fully saturated rings. The van der Waals surface area contributed by atoms with E-state index in [1.807, 2.05) is 18.2 Å². The van der Waals surface area contributed by atoms with Crippen molar-refractivity contribution in [1.29, 1.82) is 0 Å². The van der Waals surface area contributed by atoms with E-state index in [2.05, 4.69) is 27.6 Å². The van der Waals surface area contributed by atoms with E-state index < -0.39 is 6.09 Å². The zero-order valence-corrected chi connectivity index (χ0v) is 14.1. The van der Waals surface area contributed by atoms with Crippen LogP contribution in [0, 0.1) is 9.49 Å². The standard InChI is InChI=1S/C15H16IN3O3/c16-11-3-4-13-12(6-11)14(20)19(9-17-13)8-10-2-1-5-18(7-10)15(21)22/h3-4,6,9-10H,1-2,5,7-8H2,(H,21,22). The number of hydrogen-bond acceptors (Lipinski definition) is 3. The molecule has 6 nitrogen and oxygen atoms in total. The Morgan fingerprint density at radius 2 is 2.27 bits per heavy atom. The zero-order chi connectivity index (χ0) is 15.7. The summed E-state index contributed by atoms with van der Waals surface area (Å²) in [6.45, 7) is 1.57. The highest BCUT2D eigenvalue weighted by Gasteiger charge is 2.23. The smallest absolute Gasteiger partial charge is 0.407 e. The Morgan fingerprint density at radius 1 is 1.45 bits per heavy atom. The summed E-state index contributed by atoms with van der Waals surface area (Å²) in [7, 11) is 0. The predicted octanol–water partition coefficient (Wildman–Crippen LogP) is 2.39. The second-order valence-corrected chi connectivity index (χ2v) is 6.85. The first-order valence-corrected chi connectivity index (χ1v) is 8.25. The summed E-state index contributed by atoms with van der Waals surface area (Å²) in [5, 5.41) is 9.70. The highest BCUT2D eigenvalue weighted by molar-refractivity contribution is 14.1. The summed E-state index contributed by atoms with van der Waals surface area (Å²) in [4.78, 5) is 29.4. The summed E-state index contributed by atoms with van der Waals surface area (Å²) in [6, 6.07) is 5.60. The number of hydrogen-bond donors (Lipinski definition) is 1. The van der Waals surface area contributed by atoms with E-state index in [-0.39, 0.29) is 11.5 Å². The van der Waals surface area contributed by atoms with Gasteiger partial charge in [-0.1, -0.05) is 0 Å². The molecule has 2 heterocycles. The maximum Gasteiger partial charge on any atom is 0.407 e. The van der Waals surface area contributed by atoms with E-state index in [4.69, 9.17) is 5.11 Å². The SMILES string of the molecule is O=C(O)N1CCCC(Cn2cnc3ccc(I)cc3c2=O)C1. The molecule has 0 aliphatic carbocycles. The van der Waals surface area contributed by atoms with Crippen molar-refractivity contribution in [2.75, 3.05) is 13.1 Å². The number of carbonyl (C=O) groups is 1. The van der Waals surface area contributed by atoms with Crippen molar-refractivity contribution < 1.29 is 9.90 Å². The van der Waals surface area contributed by atoms with Crippen molar-refractivity contribution in [1.82, 2.24) is 14.5 Å². The van der Waals surface area contributed by atoms with Crippen molar-refractivity contribution in [3.05, 3.63) is 38.5 Å². The highest BCUT2D eigenvalue weighted by Crippen LogP contribution is 2.18. The van der Waals surface area contributed by atoms with Gasteiger partial charge in [0.05, 0.1) is 17.2 Å². The van der Waals surface area contributed by atoms with Gasteiger partial charge in [-0.3, -0.25) is 9.36 Å². The van der Waals surface area contributed by atoms with Crippen molar-refractivity contribution in [3.8, 4) is 0 Å². The number of rotatable bonds is 2. The van der Waals surface area contributed by atoms with Gasteiger partial charge in [-0.05, 0) is 59.5 Å². The second kappa shape index (κ2) is 6.23. The maximum atomic E-state index is 12.6. The zero-order valence-electron chi connectivity index (χ0n) is 11.9. The molecule has 2 aromatic rings. The minimum Gasteiger partial charge on any atom is -0.465 e. The van der Waals surface area contributed by atoms with Crippen molar-refractivity contribution in [3.63, 3.8) is 0 Å². The fourth-order valence-corrected chi connectivity index (χ4v) is 3.42. The molecule has 1 saturated heterocycles. The fraction of sp³-hybridized carbons (Fsp3) is 0.400. The number of benzene rings is 1. The van der Waals surface area contributed by atoms with Crippen LogP contribution < -0.4 is 5.56 Å². The minimum absolute atomic E-state index is 0.0593. The molecule has 1 aliphatic heterocycles. The third-order valence-corrected chi connectivity index (χ3v) is 4.70. The van der Waals surface area contributed by atoms with Crippen LogP contribution >= 0.6 is 22.6 Å². The Morgan fingerprint density at radius 3 is 3.05 bits per heavy atom. The van der Waals surface area contributed by atoms with Gasteiger partial charge in [0.2, 0.25) is 0 Å².